The summed E-state index contributed by atoms with van der Waals surface area (Å²) in [5, 5.41) is 0. The van der Waals surface area contributed by atoms with Gasteiger partial charge in [0, 0.05) is 17.0 Å². The number of alkyl halides is 1. The van der Waals surface area contributed by atoms with E-state index in [1.165, 1.54) is 5.56 Å². The number of aryl methyl sites for hydroxylation is 1. The number of hydrogen-bond acceptors (Lipinski definition) is 0. The van der Waals surface area contributed by atoms with E-state index in [9.17, 15) is 8.78 Å². The molecule has 1 aliphatic rings. The van der Waals surface area contributed by atoms with E-state index in [1.807, 2.05) is 24.3 Å². The largest absolute Gasteiger partial charge is 0.203 e. The van der Waals surface area contributed by atoms with Gasteiger partial charge in [0.05, 0.1) is 0 Å². The van der Waals surface area contributed by atoms with Gasteiger partial charge in [0.2, 0.25) is 0 Å². The van der Waals surface area contributed by atoms with E-state index in [0.29, 0.717) is 34.9 Å². The highest BCUT2D eigenvalue weighted by atomic mass is 35.5. The van der Waals surface area contributed by atoms with Gasteiger partial charge in [-0.1, -0.05) is 54.1 Å². The first-order chi connectivity index (χ1) is 12.6. The number of allylic oxidation sites excluding steroid dienone is 1. The Balaban J connectivity index is 1.75. The summed E-state index contributed by atoms with van der Waals surface area (Å²) in [6, 6.07) is 11.1. The maximum Gasteiger partial charge on any atom is 0.166 e. The summed E-state index contributed by atoms with van der Waals surface area (Å²) in [5.41, 5.74) is 4.19. The summed E-state index contributed by atoms with van der Waals surface area (Å²) in [6.07, 6.45) is 6.93. The molecular formula is C22H22Cl2F2. The van der Waals surface area contributed by atoms with Gasteiger partial charge in [-0.2, -0.15) is 0 Å². The summed E-state index contributed by atoms with van der Waals surface area (Å²) < 4.78 is 28.6. The van der Waals surface area contributed by atoms with Gasteiger partial charge in [0.15, 0.2) is 11.6 Å². The van der Waals surface area contributed by atoms with Crippen LogP contribution >= 0.6 is 23.2 Å². The predicted octanol–water partition coefficient (Wildman–Crippen LogP) is 7.44. The van der Waals surface area contributed by atoms with E-state index < -0.39 is 11.6 Å². The molecule has 0 nitrogen and oxygen atoms in total. The molecule has 1 fully saturated rings. The van der Waals surface area contributed by atoms with Crippen LogP contribution in [0.15, 0.2) is 48.0 Å². The van der Waals surface area contributed by atoms with Crippen molar-refractivity contribution < 1.29 is 8.78 Å². The fraction of sp³-hybridized carbons (Fsp3) is 0.364. The lowest BCUT2D eigenvalue weighted by Crippen LogP contribution is -2.11. The molecule has 0 spiro atoms. The van der Waals surface area contributed by atoms with Crippen molar-refractivity contribution in [3.8, 4) is 11.1 Å². The molecule has 4 heteroatoms. The van der Waals surface area contributed by atoms with Crippen LogP contribution in [0.4, 0.5) is 8.78 Å². The van der Waals surface area contributed by atoms with Gasteiger partial charge >= 0.3 is 0 Å². The summed E-state index contributed by atoms with van der Waals surface area (Å²) in [4.78, 5) is 0. The fourth-order valence-electron chi connectivity index (χ4n) is 3.79. The van der Waals surface area contributed by atoms with Gasteiger partial charge in [-0.25, -0.2) is 8.78 Å². The average molecular weight is 395 g/mol. The molecular weight excluding hydrogens is 373 g/mol. The van der Waals surface area contributed by atoms with E-state index in [-0.39, 0.29) is 5.88 Å². The minimum atomic E-state index is -0.797. The zero-order chi connectivity index (χ0) is 18.5. The van der Waals surface area contributed by atoms with Crippen LogP contribution in [0.1, 0.15) is 42.7 Å². The lowest BCUT2D eigenvalue weighted by Gasteiger charge is -2.27. The molecule has 0 bridgehead atoms. The molecule has 0 atom stereocenters. The second-order valence-corrected chi connectivity index (χ2v) is 7.52. The zero-order valence-electron chi connectivity index (χ0n) is 14.5. The van der Waals surface area contributed by atoms with Gasteiger partial charge in [0.25, 0.3) is 0 Å². The van der Waals surface area contributed by atoms with Crippen LogP contribution in [0.5, 0.6) is 0 Å². The van der Waals surface area contributed by atoms with Crippen LogP contribution in [-0.4, -0.2) is 5.88 Å². The maximum absolute atomic E-state index is 14.4. The molecule has 2 aromatic carbocycles. The monoisotopic (exact) mass is 394 g/mol. The third kappa shape index (κ3) is 4.29. The van der Waals surface area contributed by atoms with Gasteiger partial charge in [-0.15, -0.1) is 11.6 Å². The Labute approximate surface area is 163 Å². The van der Waals surface area contributed by atoms with Crippen molar-refractivity contribution in [1.29, 1.82) is 0 Å². The minimum Gasteiger partial charge on any atom is -0.203 e. The molecule has 0 unspecified atom stereocenters. The predicted molar refractivity (Wildman–Crippen MR) is 106 cm³/mol. The van der Waals surface area contributed by atoms with Crippen LogP contribution in [-0.2, 0) is 6.42 Å². The molecule has 1 aliphatic carbocycles. The fourth-order valence-corrected chi connectivity index (χ4v) is 4.20. The molecule has 1 saturated carbocycles. The van der Waals surface area contributed by atoms with Crippen molar-refractivity contribution in [2.45, 2.75) is 38.0 Å². The highest BCUT2D eigenvalue weighted by Gasteiger charge is 2.21. The minimum absolute atomic E-state index is 0.271. The van der Waals surface area contributed by atoms with E-state index in [1.54, 1.807) is 17.7 Å². The normalized spacial score (nSPS) is 20.6. The highest BCUT2D eigenvalue weighted by molar-refractivity contribution is 6.25. The van der Waals surface area contributed by atoms with Crippen molar-refractivity contribution in [2.75, 3.05) is 5.88 Å². The van der Waals surface area contributed by atoms with Gasteiger partial charge in [0.1, 0.15) is 0 Å². The van der Waals surface area contributed by atoms with Crippen LogP contribution in [0.3, 0.4) is 0 Å². The molecule has 0 aliphatic heterocycles. The Morgan fingerprint density at radius 3 is 2.23 bits per heavy atom. The number of hydrogen-bond donors (Lipinski definition) is 0. The Bertz CT molecular complexity index is 760. The van der Waals surface area contributed by atoms with E-state index >= 15 is 0 Å². The lowest BCUT2D eigenvalue weighted by molar-refractivity contribution is 0.376. The van der Waals surface area contributed by atoms with Gasteiger partial charge < -0.3 is 0 Å². The average Bonchev–Trinajstić information content (AvgIpc) is 2.67. The topological polar surface area (TPSA) is 0 Å². The second-order valence-electron chi connectivity index (χ2n) is 6.89. The number of rotatable bonds is 5. The van der Waals surface area contributed by atoms with E-state index in [2.05, 4.69) is 6.08 Å². The quantitative estimate of drug-likeness (QED) is 0.462. The first kappa shape index (κ1) is 19.4. The molecule has 0 radical (unpaired) electrons. The molecule has 0 N–H and O–H groups in total. The van der Waals surface area contributed by atoms with Crippen LogP contribution in [0.2, 0.25) is 0 Å². The number of halogens is 4. The van der Waals surface area contributed by atoms with Gasteiger partial charge in [-0.3, -0.25) is 0 Å². The first-order valence-electron chi connectivity index (χ1n) is 9.04. The molecule has 0 aromatic heterocycles. The van der Waals surface area contributed by atoms with Crippen LogP contribution in [0, 0.1) is 17.6 Å². The van der Waals surface area contributed by atoms with E-state index in [0.717, 1.165) is 25.7 Å². The van der Waals surface area contributed by atoms with Crippen molar-refractivity contribution in [3.63, 3.8) is 0 Å². The number of benzene rings is 2. The van der Waals surface area contributed by atoms with Crippen molar-refractivity contribution in [2.24, 2.45) is 5.92 Å². The summed E-state index contributed by atoms with van der Waals surface area (Å²) in [5.74, 6) is -0.220. The van der Waals surface area contributed by atoms with Crippen molar-refractivity contribution in [1.82, 2.24) is 0 Å². The van der Waals surface area contributed by atoms with Gasteiger partial charge in [-0.05, 0) is 60.6 Å². The smallest absolute Gasteiger partial charge is 0.166 e. The third-order valence-corrected chi connectivity index (χ3v) is 5.67. The maximum atomic E-state index is 14.4. The summed E-state index contributed by atoms with van der Waals surface area (Å²) >= 11 is 11.3. The second kappa shape index (κ2) is 9.01. The Morgan fingerprint density at radius 2 is 1.62 bits per heavy atom. The lowest BCUT2D eigenvalue weighted by atomic mass is 9.78. The van der Waals surface area contributed by atoms with Crippen molar-refractivity contribution >= 4 is 23.2 Å². The molecule has 0 amide bonds. The zero-order valence-corrected chi connectivity index (χ0v) is 16.0. The summed E-state index contributed by atoms with van der Waals surface area (Å²) in [6.45, 7) is 0. The molecule has 138 valence electrons. The molecule has 0 heterocycles. The molecule has 26 heavy (non-hydrogen) atoms. The third-order valence-electron chi connectivity index (χ3n) is 5.34. The SMILES string of the molecule is Fc1c(CCCl)ccc(-c2ccc(C3CCC(C=CCl)CC3)cc2)c1F. The standard InChI is InChI=1S/C22H22Cl2F2/c23-13-11-15-1-3-16(4-2-15)17-5-7-18(8-6-17)20-10-9-19(12-14-24)21(25)22(20)26/h5-11,13,15-16H,1-4,12,14H2. The van der Waals surface area contributed by atoms with Crippen LogP contribution in [0.25, 0.3) is 11.1 Å². The Kier molecular flexibility index (Phi) is 6.72. The molecule has 2 aromatic rings. The first-order valence-corrected chi connectivity index (χ1v) is 10.0. The highest BCUT2D eigenvalue weighted by Crippen LogP contribution is 2.37. The summed E-state index contributed by atoms with van der Waals surface area (Å²) in [7, 11) is 0. The Morgan fingerprint density at radius 1 is 0.923 bits per heavy atom. The van der Waals surface area contributed by atoms with E-state index in [4.69, 9.17) is 23.2 Å². The molecule has 3 rings (SSSR count). The van der Waals surface area contributed by atoms with Crippen LogP contribution < -0.4 is 0 Å². The Hall–Kier alpha value is -1.38. The van der Waals surface area contributed by atoms with Crippen molar-refractivity contribution in [3.05, 3.63) is 70.8 Å². The molecule has 0 saturated heterocycles.